The zero-order chi connectivity index (χ0) is 25.2. The molecule has 0 aliphatic carbocycles. The average molecular weight is 479 g/mol. The first-order valence-electron chi connectivity index (χ1n) is 12.3. The summed E-state index contributed by atoms with van der Waals surface area (Å²) in [5, 5.41) is 3.85. The number of piperazine rings is 1. The Hall–Kier alpha value is -3.19. The van der Waals surface area contributed by atoms with Crippen LogP contribution in [0.1, 0.15) is 50.2 Å². The lowest BCUT2D eigenvalue weighted by molar-refractivity contribution is -0.117. The van der Waals surface area contributed by atoms with Crippen LogP contribution in [-0.4, -0.2) is 58.9 Å². The van der Waals surface area contributed by atoms with E-state index < -0.39 is 0 Å². The molecule has 7 heteroatoms. The van der Waals surface area contributed by atoms with Gasteiger partial charge < -0.3 is 19.7 Å². The topological polar surface area (TPSA) is 57.6 Å². The molecule has 1 saturated heterocycles. The number of hydrogen-bond donors (Lipinski definition) is 1. The maximum absolute atomic E-state index is 13.9. The highest BCUT2D eigenvalue weighted by Crippen LogP contribution is 2.27. The first-order valence-corrected chi connectivity index (χ1v) is 12.3. The number of carbonyl (C=O) groups excluding carboxylic acids is 2. The van der Waals surface area contributed by atoms with E-state index in [1.54, 1.807) is 6.07 Å². The van der Waals surface area contributed by atoms with E-state index in [9.17, 15) is 14.0 Å². The second kappa shape index (κ2) is 10.2. The van der Waals surface area contributed by atoms with E-state index in [0.29, 0.717) is 37.4 Å². The van der Waals surface area contributed by atoms with E-state index in [1.165, 1.54) is 12.1 Å². The normalized spacial score (nSPS) is 14.9. The van der Waals surface area contributed by atoms with Crippen LogP contribution < -0.4 is 5.32 Å². The van der Waals surface area contributed by atoms with Gasteiger partial charge in [-0.3, -0.25) is 9.59 Å². The fourth-order valence-electron chi connectivity index (χ4n) is 4.63. The molecule has 0 unspecified atom stereocenters. The van der Waals surface area contributed by atoms with Crippen molar-refractivity contribution in [3.05, 3.63) is 65.6 Å². The summed E-state index contributed by atoms with van der Waals surface area (Å²) < 4.78 is 15.9. The molecule has 0 saturated carbocycles. The van der Waals surface area contributed by atoms with Gasteiger partial charge in [-0.05, 0) is 53.9 Å². The van der Waals surface area contributed by atoms with Gasteiger partial charge in [0.25, 0.3) is 5.91 Å². The number of carbonyl (C=O) groups is 2. The molecule has 0 bridgehead atoms. The van der Waals surface area contributed by atoms with Gasteiger partial charge in [-0.2, -0.15) is 0 Å². The number of amides is 2. The number of fused-ring (bicyclic) bond motifs is 1. The van der Waals surface area contributed by atoms with Crippen molar-refractivity contribution in [2.75, 3.05) is 38.0 Å². The zero-order valence-electron chi connectivity index (χ0n) is 21.1. The Labute approximate surface area is 206 Å². The van der Waals surface area contributed by atoms with Crippen molar-refractivity contribution >= 4 is 28.4 Å². The molecular weight excluding hydrogens is 443 g/mol. The summed E-state index contributed by atoms with van der Waals surface area (Å²) in [6.07, 6.45) is 0.416. The fraction of sp³-hybridized carbons (Fsp3) is 0.429. The van der Waals surface area contributed by atoms with Gasteiger partial charge >= 0.3 is 0 Å². The molecule has 1 aliphatic heterocycles. The van der Waals surface area contributed by atoms with E-state index >= 15 is 0 Å². The Morgan fingerprint density at radius 1 is 1.00 bits per heavy atom. The van der Waals surface area contributed by atoms with Crippen LogP contribution in [0, 0.1) is 11.2 Å². The van der Waals surface area contributed by atoms with Gasteiger partial charge in [-0.1, -0.05) is 39.8 Å². The second-order valence-electron chi connectivity index (χ2n) is 10.5. The predicted octanol–water partition coefficient (Wildman–Crippen LogP) is 4.98. The minimum atomic E-state index is -0.300. The summed E-state index contributed by atoms with van der Waals surface area (Å²) in [7, 11) is 0. The third-order valence-corrected chi connectivity index (χ3v) is 6.43. The first kappa shape index (κ1) is 24.9. The number of anilines is 1. The van der Waals surface area contributed by atoms with Crippen LogP contribution in [-0.2, 0) is 11.3 Å². The molecule has 4 rings (SSSR count). The predicted molar refractivity (Wildman–Crippen MR) is 138 cm³/mol. The molecule has 0 radical (unpaired) electrons. The van der Waals surface area contributed by atoms with Crippen LogP contribution in [0.25, 0.3) is 10.9 Å². The molecule has 0 atom stereocenters. The Morgan fingerprint density at radius 2 is 1.74 bits per heavy atom. The summed E-state index contributed by atoms with van der Waals surface area (Å²) in [5.74, 6) is -0.362. The van der Waals surface area contributed by atoms with Crippen LogP contribution in [0.5, 0.6) is 0 Å². The Kier molecular flexibility index (Phi) is 7.26. The minimum Gasteiger partial charge on any atom is -0.335 e. The molecule has 3 aromatic rings. The van der Waals surface area contributed by atoms with Crippen molar-refractivity contribution in [2.24, 2.45) is 5.41 Å². The lowest BCUT2D eigenvalue weighted by Crippen LogP contribution is -2.48. The molecule has 1 fully saturated rings. The fourth-order valence-corrected chi connectivity index (χ4v) is 4.63. The lowest BCUT2D eigenvalue weighted by Gasteiger charge is -2.34. The van der Waals surface area contributed by atoms with Crippen LogP contribution in [0.4, 0.5) is 10.1 Å². The highest BCUT2D eigenvalue weighted by Gasteiger charge is 2.25. The monoisotopic (exact) mass is 478 g/mol. The Morgan fingerprint density at radius 3 is 2.40 bits per heavy atom. The summed E-state index contributed by atoms with van der Waals surface area (Å²) in [6, 6.07) is 14.1. The molecule has 1 N–H and O–H groups in total. The van der Waals surface area contributed by atoms with Crippen LogP contribution in [0.15, 0.2) is 48.5 Å². The van der Waals surface area contributed by atoms with Crippen molar-refractivity contribution in [1.82, 2.24) is 14.4 Å². The van der Waals surface area contributed by atoms with Crippen LogP contribution >= 0.6 is 0 Å². The largest absolute Gasteiger partial charge is 0.335 e. The maximum atomic E-state index is 13.9. The number of nitrogens with one attached hydrogen (secondary N) is 1. The number of nitrogens with zero attached hydrogens (tertiary/aromatic N) is 3. The highest BCUT2D eigenvalue weighted by atomic mass is 19.1. The summed E-state index contributed by atoms with van der Waals surface area (Å²) in [5.41, 5.74) is 2.83. The van der Waals surface area contributed by atoms with Crippen molar-refractivity contribution in [1.29, 1.82) is 0 Å². The molecule has 186 valence electrons. The standard InChI is InChI=1S/C28H35FN4O2/c1-5-31-11-13-32(14-12-31)27(35)25-17-21-16-23(30-26(34)18-28(2,3)4)9-10-24(21)33(25)19-20-7-6-8-22(29)15-20/h6-10,15-17H,5,11-14,18-19H2,1-4H3,(H,30,34). The minimum absolute atomic E-state index is 0.0216. The smallest absolute Gasteiger partial charge is 0.270 e. The van der Waals surface area contributed by atoms with E-state index in [-0.39, 0.29) is 23.0 Å². The molecular formula is C28H35FN4O2. The van der Waals surface area contributed by atoms with Gasteiger partial charge in [0.1, 0.15) is 11.5 Å². The van der Waals surface area contributed by atoms with Crippen LogP contribution in [0.2, 0.25) is 0 Å². The third-order valence-electron chi connectivity index (χ3n) is 6.43. The highest BCUT2D eigenvalue weighted by molar-refractivity contribution is 6.00. The molecule has 0 spiro atoms. The number of halogens is 1. The van der Waals surface area contributed by atoms with Crippen molar-refractivity contribution in [2.45, 2.75) is 40.7 Å². The zero-order valence-corrected chi connectivity index (χ0v) is 21.1. The van der Waals surface area contributed by atoms with Crippen molar-refractivity contribution in [3.63, 3.8) is 0 Å². The summed E-state index contributed by atoms with van der Waals surface area (Å²) in [6.45, 7) is 12.7. The number of likely N-dealkylation sites (N-methyl/N-ethyl adjacent to an activating group) is 1. The summed E-state index contributed by atoms with van der Waals surface area (Å²) >= 11 is 0. The van der Waals surface area contributed by atoms with Gasteiger partial charge in [-0.25, -0.2) is 4.39 Å². The van der Waals surface area contributed by atoms with Crippen molar-refractivity contribution in [3.8, 4) is 0 Å². The molecule has 2 amide bonds. The Balaban J connectivity index is 1.67. The quantitative estimate of drug-likeness (QED) is 0.544. The first-order chi connectivity index (χ1) is 16.6. The van der Waals surface area contributed by atoms with Gasteiger partial charge in [0, 0.05) is 55.7 Å². The number of rotatable bonds is 6. The van der Waals surface area contributed by atoms with Crippen LogP contribution in [0.3, 0.4) is 0 Å². The van der Waals surface area contributed by atoms with E-state index in [1.807, 2.05) is 60.6 Å². The van der Waals surface area contributed by atoms with E-state index in [0.717, 1.165) is 36.1 Å². The average Bonchev–Trinajstić information content (AvgIpc) is 3.15. The summed E-state index contributed by atoms with van der Waals surface area (Å²) in [4.78, 5) is 30.3. The molecule has 1 aliphatic rings. The van der Waals surface area contributed by atoms with Gasteiger partial charge in [0.05, 0.1) is 0 Å². The molecule has 2 heterocycles. The molecule has 1 aromatic heterocycles. The number of aromatic nitrogens is 1. The second-order valence-corrected chi connectivity index (χ2v) is 10.5. The molecule has 2 aromatic carbocycles. The molecule has 35 heavy (non-hydrogen) atoms. The van der Waals surface area contributed by atoms with Gasteiger partial charge in [0.2, 0.25) is 5.91 Å². The molecule has 6 nitrogen and oxygen atoms in total. The van der Waals surface area contributed by atoms with Crippen molar-refractivity contribution < 1.29 is 14.0 Å². The number of benzene rings is 2. The van der Waals surface area contributed by atoms with Gasteiger partial charge in [0.15, 0.2) is 0 Å². The van der Waals surface area contributed by atoms with E-state index in [4.69, 9.17) is 0 Å². The lowest BCUT2D eigenvalue weighted by atomic mass is 9.92. The Bertz CT molecular complexity index is 1220. The van der Waals surface area contributed by atoms with E-state index in [2.05, 4.69) is 17.1 Å². The SMILES string of the molecule is CCN1CCN(C(=O)c2cc3cc(NC(=O)CC(C)(C)C)ccc3n2Cc2cccc(F)c2)CC1. The number of hydrogen-bond acceptors (Lipinski definition) is 3. The van der Waals surface area contributed by atoms with Gasteiger partial charge in [-0.15, -0.1) is 0 Å². The maximum Gasteiger partial charge on any atom is 0.270 e. The third kappa shape index (κ3) is 6.09.